The molecule has 0 amide bonds. The first-order chi connectivity index (χ1) is 9.81. The van der Waals surface area contributed by atoms with E-state index in [9.17, 15) is 0 Å². The molecule has 4 nitrogen and oxygen atoms in total. The van der Waals surface area contributed by atoms with Crippen LogP contribution in [0.25, 0.3) is 0 Å². The smallest absolute Gasteiger partial charge is 0.191 e. The van der Waals surface area contributed by atoms with Gasteiger partial charge in [0.05, 0.1) is 13.7 Å². The minimum absolute atomic E-state index is 0. The van der Waals surface area contributed by atoms with Crippen LogP contribution in [0.2, 0.25) is 0 Å². The van der Waals surface area contributed by atoms with Gasteiger partial charge in [0.15, 0.2) is 5.96 Å². The van der Waals surface area contributed by atoms with Gasteiger partial charge in [-0.3, -0.25) is 0 Å². The molecule has 0 aliphatic heterocycles. The number of guanidine groups is 1. The quantitative estimate of drug-likeness (QED) is 0.241. The Balaban J connectivity index is 0.00000400. The van der Waals surface area contributed by atoms with Gasteiger partial charge in [0.1, 0.15) is 5.75 Å². The van der Waals surface area contributed by atoms with E-state index in [-0.39, 0.29) is 24.0 Å². The zero-order valence-corrected chi connectivity index (χ0v) is 15.4. The maximum atomic E-state index is 5.33. The Morgan fingerprint density at radius 1 is 1.29 bits per heavy atom. The van der Waals surface area contributed by atoms with Crippen LogP contribution in [-0.2, 0) is 6.54 Å². The standard InChI is InChI=1S/C16H25N3O.HI/c1-4-6-9-12-18-16(17-5-2)19-13-14-10-7-8-11-15(14)20-3;/h4,6-8,10-11H,5,9,12-13H2,1-3H3,(H2,17,18,19);1H. The first-order valence-electron chi connectivity index (χ1n) is 7.07. The molecular formula is C16H26IN3O. The summed E-state index contributed by atoms with van der Waals surface area (Å²) in [6, 6.07) is 7.95. The Labute approximate surface area is 145 Å². The lowest BCUT2D eigenvalue weighted by atomic mass is 10.2. The number of para-hydroxylation sites is 1. The van der Waals surface area contributed by atoms with Crippen molar-refractivity contribution in [3.05, 3.63) is 42.0 Å². The Hall–Kier alpha value is -1.24. The number of hydrogen-bond acceptors (Lipinski definition) is 2. The molecule has 1 aromatic carbocycles. The number of ether oxygens (including phenoxy) is 1. The summed E-state index contributed by atoms with van der Waals surface area (Å²) in [4.78, 5) is 4.58. The predicted octanol–water partition coefficient (Wildman–Crippen LogP) is 3.33. The summed E-state index contributed by atoms with van der Waals surface area (Å²) < 4.78 is 5.33. The molecule has 0 atom stereocenters. The molecule has 0 fully saturated rings. The normalized spacial score (nSPS) is 11.1. The molecule has 2 N–H and O–H groups in total. The van der Waals surface area contributed by atoms with Gasteiger partial charge in [-0.25, -0.2) is 4.99 Å². The second-order valence-corrected chi connectivity index (χ2v) is 4.29. The average molecular weight is 403 g/mol. The molecule has 0 aliphatic rings. The second kappa shape index (κ2) is 12.5. The summed E-state index contributed by atoms with van der Waals surface area (Å²) in [6.07, 6.45) is 5.19. The van der Waals surface area contributed by atoms with E-state index in [1.165, 1.54) is 0 Å². The highest BCUT2D eigenvalue weighted by Crippen LogP contribution is 2.17. The molecule has 1 aromatic rings. The highest BCUT2D eigenvalue weighted by Gasteiger charge is 2.01. The van der Waals surface area contributed by atoms with Crippen molar-refractivity contribution in [2.45, 2.75) is 26.8 Å². The number of rotatable bonds is 7. The molecule has 118 valence electrons. The fourth-order valence-electron chi connectivity index (χ4n) is 1.78. The Bertz CT molecular complexity index is 447. The van der Waals surface area contributed by atoms with Crippen LogP contribution < -0.4 is 15.4 Å². The van der Waals surface area contributed by atoms with E-state index >= 15 is 0 Å². The Kier molecular flexibility index (Phi) is 11.8. The van der Waals surface area contributed by atoms with E-state index in [1.807, 2.05) is 31.2 Å². The van der Waals surface area contributed by atoms with Crippen LogP contribution in [0, 0.1) is 0 Å². The van der Waals surface area contributed by atoms with Gasteiger partial charge in [-0.1, -0.05) is 30.4 Å². The number of halogens is 1. The van der Waals surface area contributed by atoms with Crippen LogP contribution >= 0.6 is 24.0 Å². The summed E-state index contributed by atoms with van der Waals surface area (Å²) in [6.45, 7) is 6.42. The predicted molar refractivity (Wildman–Crippen MR) is 101 cm³/mol. The highest BCUT2D eigenvalue weighted by atomic mass is 127. The van der Waals surface area contributed by atoms with Crippen molar-refractivity contribution in [3.63, 3.8) is 0 Å². The molecule has 0 saturated heterocycles. The van der Waals surface area contributed by atoms with Gasteiger partial charge >= 0.3 is 0 Å². The minimum atomic E-state index is 0. The number of allylic oxidation sites excluding steroid dienone is 1. The molecule has 0 radical (unpaired) electrons. The van der Waals surface area contributed by atoms with Crippen molar-refractivity contribution in [3.8, 4) is 5.75 Å². The van der Waals surface area contributed by atoms with Crippen molar-refractivity contribution in [2.24, 2.45) is 4.99 Å². The largest absolute Gasteiger partial charge is 0.496 e. The summed E-state index contributed by atoms with van der Waals surface area (Å²) in [5, 5.41) is 6.55. The van der Waals surface area contributed by atoms with Gasteiger partial charge < -0.3 is 15.4 Å². The van der Waals surface area contributed by atoms with Gasteiger partial charge in [0.25, 0.3) is 0 Å². The Morgan fingerprint density at radius 2 is 2.05 bits per heavy atom. The third kappa shape index (κ3) is 7.94. The van der Waals surface area contributed by atoms with Crippen LogP contribution in [-0.4, -0.2) is 26.2 Å². The number of aliphatic imine (C=N–C) groups is 1. The first-order valence-corrected chi connectivity index (χ1v) is 7.07. The Morgan fingerprint density at radius 3 is 2.71 bits per heavy atom. The van der Waals surface area contributed by atoms with Crippen molar-refractivity contribution in [2.75, 3.05) is 20.2 Å². The van der Waals surface area contributed by atoms with Crippen molar-refractivity contribution >= 4 is 29.9 Å². The molecule has 5 heteroatoms. The van der Waals surface area contributed by atoms with Gasteiger partial charge in [-0.15, -0.1) is 24.0 Å². The van der Waals surface area contributed by atoms with E-state index in [2.05, 4.69) is 34.7 Å². The van der Waals surface area contributed by atoms with Crippen LogP contribution in [0.15, 0.2) is 41.4 Å². The lowest BCUT2D eigenvalue weighted by molar-refractivity contribution is 0.410. The van der Waals surface area contributed by atoms with Crippen LogP contribution in [0.4, 0.5) is 0 Å². The lowest BCUT2D eigenvalue weighted by Gasteiger charge is -2.11. The van der Waals surface area contributed by atoms with Gasteiger partial charge in [0.2, 0.25) is 0 Å². The fraction of sp³-hybridized carbons (Fsp3) is 0.438. The monoisotopic (exact) mass is 403 g/mol. The molecule has 0 unspecified atom stereocenters. The third-order valence-electron chi connectivity index (χ3n) is 2.78. The molecule has 0 aromatic heterocycles. The van der Waals surface area contributed by atoms with E-state index in [1.54, 1.807) is 7.11 Å². The van der Waals surface area contributed by atoms with E-state index < -0.39 is 0 Å². The topological polar surface area (TPSA) is 45.7 Å². The highest BCUT2D eigenvalue weighted by molar-refractivity contribution is 14.0. The SMILES string of the molecule is CC=CCCNC(=NCc1ccccc1OC)NCC.I. The first kappa shape index (κ1) is 19.8. The van der Waals surface area contributed by atoms with E-state index in [0.29, 0.717) is 6.54 Å². The number of methoxy groups -OCH3 is 1. The van der Waals surface area contributed by atoms with Gasteiger partial charge in [0, 0.05) is 18.7 Å². The zero-order valence-electron chi connectivity index (χ0n) is 13.1. The molecule has 0 spiro atoms. The maximum absolute atomic E-state index is 5.33. The van der Waals surface area contributed by atoms with Crippen LogP contribution in [0.3, 0.4) is 0 Å². The lowest BCUT2D eigenvalue weighted by Crippen LogP contribution is -2.37. The number of nitrogens with one attached hydrogen (secondary N) is 2. The third-order valence-corrected chi connectivity index (χ3v) is 2.78. The molecule has 0 aliphatic carbocycles. The molecule has 0 saturated carbocycles. The van der Waals surface area contributed by atoms with E-state index in [4.69, 9.17) is 4.74 Å². The molecule has 1 rings (SSSR count). The zero-order chi connectivity index (χ0) is 14.6. The number of hydrogen-bond donors (Lipinski definition) is 2. The van der Waals surface area contributed by atoms with Gasteiger partial charge in [-0.05, 0) is 26.3 Å². The summed E-state index contributed by atoms with van der Waals surface area (Å²) >= 11 is 0. The van der Waals surface area contributed by atoms with Crippen molar-refractivity contribution in [1.29, 1.82) is 0 Å². The molecule has 0 bridgehead atoms. The summed E-state index contributed by atoms with van der Waals surface area (Å²) in [5.74, 6) is 1.71. The maximum Gasteiger partial charge on any atom is 0.191 e. The second-order valence-electron chi connectivity index (χ2n) is 4.29. The van der Waals surface area contributed by atoms with Crippen LogP contribution in [0.5, 0.6) is 5.75 Å². The van der Waals surface area contributed by atoms with Crippen molar-refractivity contribution < 1.29 is 4.74 Å². The number of nitrogens with zero attached hydrogens (tertiary/aromatic N) is 1. The summed E-state index contributed by atoms with van der Waals surface area (Å²) in [7, 11) is 1.68. The van der Waals surface area contributed by atoms with E-state index in [0.717, 1.165) is 36.8 Å². The summed E-state index contributed by atoms with van der Waals surface area (Å²) in [5.41, 5.74) is 1.08. The fourth-order valence-corrected chi connectivity index (χ4v) is 1.78. The van der Waals surface area contributed by atoms with Crippen LogP contribution in [0.1, 0.15) is 25.8 Å². The number of benzene rings is 1. The average Bonchev–Trinajstić information content (AvgIpc) is 2.49. The van der Waals surface area contributed by atoms with Gasteiger partial charge in [-0.2, -0.15) is 0 Å². The molecule has 0 heterocycles. The minimum Gasteiger partial charge on any atom is -0.496 e. The molecule has 21 heavy (non-hydrogen) atoms. The van der Waals surface area contributed by atoms with Crippen molar-refractivity contribution in [1.82, 2.24) is 10.6 Å². The molecular weight excluding hydrogens is 377 g/mol.